The average Bonchev–Trinajstić information content (AvgIpc) is 2.90. The van der Waals surface area contributed by atoms with Gasteiger partial charge in [0, 0.05) is 16.0 Å². The molecule has 0 radical (unpaired) electrons. The third-order valence-corrected chi connectivity index (χ3v) is 5.53. The van der Waals surface area contributed by atoms with Crippen molar-refractivity contribution >= 4 is 27.5 Å². The molecule has 2 heterocycles. The van der Waals surface area contributed by atoms with Crippen molar-refractivity contribution in [3.63, 3.8) is 0 Å². The van der Waals surface area contributed by atoms with Crippen LogP contribution in [-0.2, 0) is 4.79 Å². The second-order valence-electron chi connectivity index (χ2n) is 6.33. The number of amides is 1. The minimum absolute atomic E-state index is 0.262. The van der Waals surface area contributed by atoms with E-state index in [-0.39, 0.29) is 5.56 Å². The number of hydrogen-bond donors (Lipinski definition) is 1. The zero-order valence-electron chi connectivity index (χ0n) is 15.4. The lowest BCUT2D eigenvalue weighted by molar-refractivity contribution is -0.120. The maximum Gasteiger partial charge on any atom is 0.263 e. The molecule has 26 heavy (non-hydrogen) atoms. The highest BCUT2D eigenvalue weighted by Crippen LogP contribution is 2.40. The number of thiophene rings is 1. The Kier molecular flexibility index (Phi) is 4.58. The Labute approximate surface area is 155 Å². The summed E-state index contributed by atoms with van der Waals surface area (Å²) in [7, 11) is 1.61. The standard InChI is InChI=1S/C19H21N3O3S/c1-9-6-7-14(25-5)13(8-9)15-11(3)26-18-16(15)19(24)22(12(4)21-18)10(2)17(20)23/h6-8,10H,1-5H3,(H2,20,23). The summed E-state index contributed by atoms with van der Waals surface area (Å²) in [4.78, 5) is 31.1. The highest BCUT2D eigenvalue weighted by Gasteiger charge is 2.24. The van der Waals surface area contributed by atoms with Gasteiger partial charge in [0.25, 0.3) is 5.56 Å². The third-order valence-electron chi connectivity index (χ3n) is 4.53. The zero-order valence-corrected chi connectivity index (χ0v) is 16.2. The van der Waals surface area contributed by atoms with Crippen LogP contribution in [0.5, 0.6) is 5.75 Å². The summed E-state index contributed by atoms with van der Waals surface area (Å²) in [5, 5.41) is 0.495. The molecule has 6 nitrogen and oxygen atoms in total. The zero-order chi connectivity index (χ0) is 19.2. The number of carbonyl (C=O) groups is 1. The monoisotopic (exact) mass is 371 g/mol. The first-order chi connectivity index (χ1) is 12.3. The van der Waals surface area contributed by atoms with Gasteiger partial charge in [0.2, 0.25) is 5.91 Å². The van der Waals surface area contributed by atoms with Crippen LogP contribution in [0.4, 0.5) is 0 Å². The highest BCUT2D eigenvalue weighted by atomic mass is 32.1. The third kappa shape index (κ3) is 2.78. The summed E-state index contributed by atoms with van der Waals surface area (Å²) >= 11 is 1.46. The molecule has 0 saturated carbocycles. The first kappa shape index (κ1) is 18.1. The van der Waals surface area contributed by atoms with Crippen molar-refractivity contribution in [2.75, 3.05) is 7.11 Å². The Morgan fingerprint density at radius 1 is 1.31 bits per heavy atom. The molecule has 0 aliphatic rings. The van der Waals surface area contributed by atoms with Crippen LogP contribution in [0.25, 0.3) is 21.3 Å². The van der Waals surface area contributed by atoms with Crippen LogP contribution < -0.4 is 16.0 Å². The van der Waals surface area contributed by atoms with Crippen molar-refractivity contribution in [3.05, 3.63) is 44.8 Å². The van der Waals surface area contributed by atoms with Crippen molar-refractivity contribution in [2.24, 2.45) is 5.73 Å². The van der Waals surface area contributed by atoms with E-state index in [1.165, 1.54) is 15.9 Å². The lowest BCUT2D eigenvalue weighted by Gasteiger charge is -2.15. The lowest BCUT2D eigenvalue weighted by atomic mass is 10.0. The van der Waals surface area contributed by atoms with E-state index < -0.39 is 11.9 Å². The summed E-state index contributed by atoms with van der Waals surface area (Å²) < 4.78 is 6.87. The van der Waals surface area contributed by atoms with E-state index in [9.17, 15) is 9.59 Å². The fourth-order valence-electron chi connectivity index (χ4n) is 3.20. The molecular weight excluding hydrogens is 350 g/mol. The summed E-state index contributed by atoms with van der Waals surface area (Å²) in [6.07, 6.45) is 0. The molecule has 7 heteroatoms. The van der Waals surface area contributed by atoms with Gasteiger partial charge >= 0.3 is 0 Å². The number of hydrogen-bond acceptors (Lipinski definition) is 5. The van der Waals surface area contributed by atoms with Crippen molar-refractivity contribution in [2.45, 2.75) is 33.7 Å². The molecule has 1 atom stereocenters. The molecule has 3 rings (SSSR count). The van der Waals surface area contributed by atoms with E-state index >= 15 is 0 Å². The van der Waals surface area contributed by atoms with Crippen molar-refractivity contribution < 1.29 is 9.53 Å². The van der Waals surface area contributed by atoms with E-state index in [1.807, 2.05) is 32.0 Å². The number of nitrogens with two attached hydrogens (primary N) is 1. The van der Waals surface area contributed by atoms with Crippen LogP contribution in [0.1, 0.15) is 29.2 Å². The van der Waals surface area contributed by atoms with Crippen LogP contribution in [0.3, 0.4) is 0 Å². The molecule has 0 aliphatic carbocycles. The van der Waals surface area contributed by atoms with Crippen LogP contribution in [0, 0.1) is 20.8 Å². The highest BCUT2D eigenvalue weighted by molar-refractivity contribution is 7.19. The summed E-state index contributed by atoms with van der Waals surface area (Å²) in [5.41, 5.74) is 7.87. The number of methoxy groups -OCH3 is 1. The fraction of sp³-hybridized carbons (Fsp3) is 0.316. The topological polar surface area (TPSA) is 87.2 Å². The number of primary amides is 1. The van der Waals surface area contributed by atoms with E-state index in [4.69, 9.17) is 10.5 Å². The fourth-order valence-corrected chi connectivity index (χ4v) is 4.27. The minimum atomic E-state index is -0.771. The molecule has 1 amide bonds. The molecule has 1 aromatic carbocycles. The molecule has 0 aliphatic heterocycles. The van der Waals surface area contributed by atoms with Gasteiger partial charge in [0.05, 0.1) is 12.5 Å². The first-order valence-electron chi connectivity index (χ1n) is 8.22. The molecular formula is C19H21N3O3S. The minimum Gasteiger partial charge on any atom is -0.496 e. The quantitative estimate of drug-likeness (QED) is 0.763. The maximum atomic E-state index is 13.3. The number of ether oxygens (including phenoxy) is 1. The van der Waals surface area contributed by atoms with E-state index in [0.717, 1.165) is 21.6 Å². The predicted octanol–water partition coefficient (Wildman–Crippen LogP) is 3.11. The molecule has 1 unspecified atom stereocenters. The van der Waals surface area contributed by atoms with E-state index in [0.29, 0.717) is 21.8 Å². The lowest BCUT2D eigenvalue weighted by Crippen LogP contribution is -2.34. The summed E-state index contributed by atoms with van der Waals surface area (Å²) in [6.45, 7) is 7.27. The SMILES string of the molecule is COc1ccc(C)cc1-c1c(C)sc2nc(C)n(C(C)C(N)=O)c(=O)c12. The Morgan fingerprint density at radius 2 is 2.00 bits per heavy atom. The van der Waals surface area contributed by atoms with Crippen molar-refractivity contribution in [1.29, 1.82) is 0 Å². The van der Waals surface area contributed by atoms with Crippen LogP contribution in [0.15, 0.2) is 23.0 Å². The van der Waals surface area contributed by atoms with Crippen molar-refractivity contribution in [3.8, 4) is 16.9 Å². The van der Waals surface area contributed by atoms with Crippen LogP contribution >= 0.6 is 11.3 Å². The van der Waals surface area contributed by atoms with Gasteiger partial charge < -0.3 is 10.5 Å². The normalized spacial score (nSPS) is 12.3. The van der Waals surface area contributed by atoms with E-state index in [2.05, 4.69) is 4.98 Å². The number of nitrogens with zero attached hydrogens (tertiary/aromatic N) is 2. The second kappa shape index (κ2) is 6.57. The molecule has 2 aromatic heterocycles. The molecule has 3 aromatic rings. The molecule has 2 N–H and O–H groups in total. The van der Waals surface area contributed by atoms with Gasteiger partial charge in [-0.15, -0.1) is 11.3 Å². The number of aromatic nitrogens is 2. The van der Waals surface area contributed by atoms with Gasteiger partial charge in [0.15, 0.2) is 0 Å². The Hall–Kier alpha value is -2.67. The Bertz CT molecular complexity index is 1080. The summed E-state index contributed by atoms with van der Waals surface area (Å²) in [5.74, 6) is 0.587. The summed E-state index contributed by atoms with van der Waals surface area (Å²) in [6, 6.07) is 5.07. The first-order valence-corrected chi connectivity index (χ1v) is 9.04. The number of benzene rings is 1. The average molecular weight is 371 g/mol. The maximum absolute atomic E-state index is 13.3. The van der Waals surface area contributed by atoms with Gasteiger partial charge in [-0.1, -0.05) is 11.6 Å². The second-order valence-corrected chi connectivity index (χ2v) is 7.53. The predicted molar refractivity (Wildman–Crippen MR) is 104 cm³/mol. The number of fused-ring (bicyclic) bond motifs is 1. The molecule has 136 valence electrons. The van der Waals surface area contributed by atoms with Gasteiger partial charge in [-0.25, -0.2) is 4.98 Å². The van der Waals surface area contributed by atoms with Crippen molar-refractivity contribution in [1.82, 2.24) is 9.55 Å². The molecule has 0 fully saturated rings. The Balaban J connectivity index is 2.44. The van der Waals surface area contributed by atoms with E-state index in [1.54, 1.807) is 21.0 Å². The van der Waals surface area contributed by atoms with Gasteiger partial charge in [0.1, 0.15) is 22.4 Å². The number of rotatable bonds is 4. The molecule has 0 saturated heterocycles. The number of aryl methyl sites for hydroxylation is 3. The number of carbonyl (C=O) groups excluding carboxylic acids is 1. The smallest absolute Gasteiger partial charge is 0.263 e. The largest absolute Gasteiger partial charge is 0.496 e. The Morgan fingerprint density at radius 3 is 2.62 bits per heavy atom. The van der Waals surface area contributed by atoms with Gasteiger partial charge in [-0.05, 0) is 39.8 Å². The van der Waals surface area contributed by atoms with Gasteiger partial charge in [-0.2, -0.15) is 0 Å². The van der Waals surface area contributed by atoms with Gasteiger partial charge in [-0.3, -0.25) is 14.2 Å². The molecule has 0 bridgehead atoms. The van der Waals surface area contributed by atoms with Crippen LogP contribution in [-0.4, -0.2) is 22.6 Å². The van der Waals surface area contributed by atoms with Crippen LogP contribution in [0.2, 0.25) is 0 Å². The molecule has 0 spiro atoms.